The van der Waals surface area contributed by atoms with Crippen LogP contribution in [-0.2, 0) is 23.1 Å². The van der Waals surface area contributed by atoms with Gasteiger partial charge in [0.15, 0.2) is 0 Å². The third-order valence-electron chi connectivity index (χ3n) is 4.66. The maximum absolute atomic E-state index is 10.7. The summed E-state index contributed by atoms with van der Waals surface area (Å²) in [4.78, 5) is 18.8. The van der Waals surface area contributed by atoms with Gasteiger partial charge in [-0.1, -0.05) is 32.6 Å². The SMILES string of the molecule is CCc1cc2c(cc1C#Cc1cnc(CC(=O)O)nc1)C(C)(C)CCO2. The first-order valence-electron chi connectivity index (χ1n) is 8.74. The Bertz CT molecular complexity index is 890. The average molecular weight is 350 g/mol. The molecule has 0 saturated heterocycles. The van der Waals surface area contributed by atoms with E-state index in [9.17, 15) is 4.79 Å². The zero-order chi connectivity index (χ0) is 18.7. The standard InChI is InChI=1S/C21H22N2O3/c1-4-15-10-18-17(21(2,3)7-8-26-18)9-16(15)6-5-14-12-22-19(23-13-14)11-20(24)25/h9-10,12-13H,4,7-8,11H2,1-3H3,(H,24,25). The van der Waals surface area contributed by atoms with Gasteiger partial charge in [-0.25, -0.2) is 9.97 Å². The van der Waals surface area contributed by atoms with Crippen molar-refractivity contribution in [1.29, 1.82) is 0 Å². The van der Waals surface area contributed by atoms with Crippen molar-refractivity contribution in [2.45, 2.75) is 45.4 Å². The second-order valence-electron chi connectivity index (χ2n) is 7.05. The minimum Gasteiger partial charge on any atom is -0.493 e. The number of carboxylic acid groups (broad SMARTS) is 1. The highest BCUT2D eigenvalue weighted by molar-refractivity contribution is 5.68. The molecule has 0 atom stereocenters. The quantitative estimate of drug-likeness (QED) is 0.861. The topological polar surface area (TPSA) is 72.3 Å². The summed E-state index contributed by atoms with van der Waals surface area (Å²) in [7, 11) is 0. The van der Waals surface area contributed by atoms with Crippen LogP contribution in [0.5, 0.6) is 5.75 Å². The molecule has 26 heavy (non-hydrogen) atoms. The summed E-state index contributed by atoms with van der Waals surface area (Å²) in [5, 5.41) is 8.77. The fraction of sp³-hybridized carbons (Fsp3) is 0.381. The van der Waals surface area contributed by atoms with E-state index in [2.05, 4.69) is 54.7 Å². The van der Waals surface area contributed by atoms with Gasteiger partial charge < -0.3 is 9.84 Å². The summed E-state index contributed by atoms with van der Waals surface area (Å²) < 4.78 is 5.85. The molecular formula is C21H22N2O3. The monoisotopic (exact) mass is 350 g/mol. The minimum atomic E-state index is -0.949. The van der Waals surface area contributed by atoms with Gasteiger partial charge in [0.1, 0.15) is 18.0 Å². The van der Waals surface area contributed by atoms with E-state index >= 15 is 0 Å². The molecule has 0 saturated carbocycles. The Kier molecular flexibility index (Phi) is 4.94. The summed E-state index contributed by atoms with van der Waals surface area (Å²) in [6.07, 6.45) is 4.80. The number of aliphatic carboxylic acids is 1. The molecule has 1 N–H and O–H groups in total. The van der Waals surface area contributed by atoms with Gasteiger partial charge in [-0.3, -0.25) is 4.79 Å². The van der Waals surface area contributed by atoms with Gasteiger partial charge in [0.25, 0.3) is 0 Å². The number of hydrogen-bond donors (Lipinski definition) is 1. The molecule has 134 valence electrons. The van der Waals surface area contributed by atoms with Crippen LogP contribution in [0, 0.1) is 11.8 Å². The largest absolute Gasteiger partial charge is 0.493 e. The van der Waals surface area contributed by atoms with Gasteiger partial charge >= 0.3 is 5.97 Å². The summed E-state index contributed by atoms with van der Waals surface area (Å²) >= 11 is 0. The number of ether oxygens (including phenoxy) is 1. The van der Waals surface area contributed by atoms with E-state index in [1.165, 1.54) is 5.56 Å². The maximum atomic E-state index is 10.7. The fourth-order valence-electron chi connectivity index (χ4n) is 3.02. The Hall–Kier alpha value is -2.87. The maximum Gasteiger partial charge on any atom is 0.311 e. The number of carboxylic acids is 1. The van der Waals surface area contributed by atoms with Crippen LogP contribution in [-0.4, -0.2) is 27.7 Å². The molecule has 0 bridgehead atoms. The molecule has 1 aliphatic rings. The lowest BCUT2D eigenvalue weighted by atomic mass is 9.78. The van der Waals surface area contributed by atoms with E-state index in [0.29, 0.717) is 5.56 Å². The van der Waals surface area contributed by atoms with Crippen molar-refractivity contribution < 1.29 is 14.6 Å². The first kappa shape index (κ1) is 17.9. The van der Waals surface area contributed by atoms with Gasteiger partial charge in [-0.2, -0.15) is 0 Å². The van der Waals surface area contributed by atoms with Crippen LogP contribution in [0.15, 0.2) is 24.5 Å². The first-order chi connectivity index (χ1) is 12.4. The molecular weight excluding hydrogens is 328 g/mol. The molecule has 1 aromatic carbocycles. The normalized spacial score (nSPS) is 14.6. The third-order valence-corrected chi connectivity index (χ3v) is 4.66. The summed E-state index contributed by atoms with van der Waals surface area (Å²) in [5.41, 5.74) is 4.06. The molecule has 0 unspecified atom stereocenters. The molecule has 1 aromatic heterocycles. The molecule has 3 rings (SSSR count). The van der Waals surface area contributed by atoms with Gasteiger partial charge in [0.05, 0.1) is 12.2 Å². The lowest BCUT2D eigenvalue weighted by molar-refractivity contribution is -0.136. The third kappa shape index (κ3) is 3.85. The first-order valence-corrected chi connectivity index (χ1v) is 8.74. The predicted molar refractivity (Wildman–Crippen MR) is 98.3 cm³/mol. The van der Waals surface area contributed by atoms with Crippen LogP contribution in [0.25, 0.3) is 0 Å². The number of nitrogens with zero attached hydrogens (tertiary/aromatic N) is 2. The Morgan fingerprint density at radius 3 is 2.65 bits per heavy atom. The van der Waals surface area contributed by atoms with E-state index in [4.69, 9.17) is 9.84 Å². The number of rotatable bonds is 3. The number of hydrogen-bond acceptors (Lipinski definition) is 4. The Morgan fingerprint density at radius 1 is 1.27 bits per heavy atom. The van der Waals surface area contributed by atoms with Crippen LogP contribution in [0.2, 0.25) is 0 Å². The lowest BCUT2D eigenvalue weighted by Gasteiger charge is -2.33. The van der Waals surface area contributed by atoms with Crippen LogP contribution in [0.1, 0.15) is 55.3 Å². The number of benzene rings is 1. The molecule has 1 aliphatic heterocycles. The van der Waals surface area contributed by atoms with E-state index in [1.807, 2.05) is 0 Å². The van der Waals surface area contributed by atoms with Crippen molar-refractivity contribution in [2.75, 3.05) is 6.61 Å². The zero-order valence-electron chi connectivity index (χ0n) is 15.3. The second-order valence-corrected chi connectivity index (χ2v) is 7.05. The molecule has 5 nitrogen and oxygen atoms in total. The Balaban J connectivity index is 1.93. The molecule has 0 radical (unpaired) electrons. The zero-order valence-corrected chi connectivity index (χ0v) is 15.3. The number of aryl methyl sites for hydroxylation is 1. The molecule has 2 heterocycles. The Morgan fingerprint density at radius 2 is 2.00 bits per heavy atom. The highest BCUT2D eigenvalue weighted by Crippen LogP contribution is 2.39. The van der Waals surface area contributed by atoms with Crippen LogP contribution in [0.4, 0.5) is 0 Å². The van der Waals surface area contributed by atoms with Crippen molar-refractivity contribution in [2.24, 2.45) is 0 Å². The fourth-order valence-corrected chi connectivity index (χ4v) is 3.02. The van der Waals surface area contributed by atoms with Crippen molar-refractivity contribution in [3.05, 3.63) is 52.6 Å². The number of fused-ring (bicyclic) bond motifs is 1. The van der Waals surface area contributed by atoms with Gasteiger partial charge in [0.2, 0.25) is 0 Å². The summed E-state index contributed by atoms with van der Waals surface area (Å²) in [5.74, 6) is 6.61. The molecule has 5 heteroatoms. The average Bonchev–Trinajstić information content (AvgIpc) is 2.60. The van der Waals surface area contributed by atoms with Gasteiger partial charge in [-0.05, 0) is 36.0 Å². The molecule has 0 aliphatic carbocycles. The molecule has 0 spiro atoms. The van der Waals surface area contributed by atoms with Crippen molar-refractivity contribution >= 4 is 5.97 Å². The van der Waals surface area contributed by atoms with Crippen molar-refractivity contribution in [1.82, 2.24) is 9.97 Å². The van der Waals surface area contributed by atoms with Crippen LogP contribution >= 0.6 is 0 Å². The van der Waals surface area contributed by atoms with E-state index in [1.54, 1.807) is 12.4 Å². The van der Waals surface area contributed by atoms with E-state index in [0.717, 1.165) is 36.3 Å². The lowest BCUT2D eigenvalue weighted by Crippen LogP contribution is -2.27. The molecule has 0 amide bonds. The van der Waals surface area contributed by atoms with E-state index < -0.39 is 5.97 Å². The minimum absolute atomic E-state index is 0.0673. The van der Waals surface area contributed by atoms with E-state index in [-0.39, 0.29) is 17.7 Å². The van der Waals surface area contributed by atoms with Gasteiger partial charge in [-0.15, -0.1) is 0 Å². The Labute approximate surface area is 153 Å². The number of aromatic nitrogens is 2. The summed E-state index contributed by atoms with van der Waals surface area (Å²) in [6.45, 7) is 7.30. The number of carbonyl (C=O) groups is 1. The smallest absolute Gasteiger partial charge is 0.311 e. The predicted octanol–water partition coefficient (Wildman–Crippen LogP) is 3.13. The molecule has 0 fully saturated rings. The van der Waals surface area contributed by atoms with Crippen LogP contribution in [0.3, 0.4) is 0 Å². The van der Waals surface area contributed by atoms with Crippen molar-refractivity contribution in [3.8, 4) is 17.6 Å². The van der Waals surface area contributed by atoms with Crippen LogP contribution < -0.4 is 4.74 Å². The summed E-state index contributed by atoms with van der Waals surface area (Å²) in [6, 6.07) is 4.24. The highest BCUT2D eigenvalue weighted by atomic mass is 16.5. The second kappa shape index (κ2) is 7.17. The van der Waals surface area contributed by atoms with Gasteiger partial charge in [0, 0.05) is 23.5 Å². The highest BCUT2D eigenvalue weighted by Gasteiger charge is 2.29. The van der Waals surface area contributed by atoms with Crippen molar-refractivity contribution in [3.63, 3.8) is 0 Å². The molecule has 2 aromatic rings.